The van der Waals surface area contributed by atoms with E-state index in [9.17, 15) is 8.42 Å². The van der Waals surface area contributed by atoms with Crippen molar-refractivity contribution in [3.8, 4) is 22.6 Å². The number of nitrogens with one attached hydrogen (secondary N) is 1. The van der Waals surface area contributed by atoms with E-state index in [1.165, 1.54) is 11.3 Å². The van der Waals surface area contributed by atoms with Gasteiger partial charge in [0.2, 0.25) is 0 Å². The first-order chi connectivity index (χ1) is 17.6. The third kappa shape index (κ3) is 4.43. The highest BCUT2D eigenvalue weighted by Crippen LogP contribution is 2.27. The molecule has 0 atom stereocenters. The molecule has 3 aromatic heterocycles. The van der Waals surface area contributed by atoms with Crippen LogP contribution in [0.1, 0.15) is 0 Å². The van der Waals surface area contributed by atoms with Crippen LogP contribution in [0.25, 0.3) is 28.3 Å². The van der Waals surface area contributed by atoms with Crippen molar-refractivity contribution in [2.24, 2.45) is 0 Å². The van der Waals surface area contributed by atoms with Crippen molar-refractivity contribution in [3.05, 3.63) is 78.2 Å². The van der Waals surface area contributed by atoms with Gasteiger partial charge < -0.3 is 9.64 Å². The second-order valence-electron chi connectivity index (χ2n) is 8.28. The molecule has 4 heterocycles. The fourth-order valence-electron chi connectivity index (χ4n) is 4.13. The molecule has 2 aromatic carbocycles. The van der Waals surface area contributed by atoms with E-state index in [1.807, 2.05) is 30.3 Å². The fraction of sp³-hybridized carbons (Fsp3) is 0.160. The van der Waals surface area contributed by atoms with Crippen LogP contribution in [0.3, 0.4) is 0 Å². The van der Waals surface area contributed by atoms with E-state index in [2.05, 4.69) is 32.0 Å². The Morgan fingerprint density at radius 3 is 2.50 bits per heavy atom. The summed E-state index contributed by atoms with van der Waals surface area (Å²) in [6.07, 6.45) is 0. The number of fused-ring (bicyclic) bond motifs is 1. The molecule has 5 aromatic rings. The van der Waals surface area contributed by atoms with Gasteiger partial charge in [0, 0.05) is 35.6 Å². The Morgan fingerprint density at radius 2 is 1.72 bits per heavy atom. The lowest BCUT2D eigenvalue weighted by molar-refractivity contribution is 0.122. The molecular formula is C25H22N6O3S2. The normalized spacial score (nSPS) is 14.3. The number of sulfonamides is 1. The van der Waals surface area contributed by atoms with Gasteiger partial charge in [0.15, 0.2) is 11.5 Å². The van der Waals surface area contributed by atoms with Gasteiger partial charge in [0.25, 0.3) is 10.0 Å². The molecule has 1 aliphatic heterocycles. The molecule has 0 saturated carbocycles. The maximum Gasteiger partial charge on any atom is 0.271 e. The molecule has 1 fully saturated rings. The number of hydrogen-bond acceptors (Lipinski definition) is 8. The second-order valence-corrected chi connectivity index (χ2v) is 11.1. The van der Waals surface area contributed by atoms with Crippen LogP contribution in [-0.2, 0) is 14.8 Å². The minimum absolute atomic E-state index is 0.265. The topological polar surface area (TPSA) is 102 Å². The zero-order valence-electron chi connectivity index (χ0n) is 19.1. The number of morpholine rings is 1. The number of ether oxygens (including phenoxy) is 1. The van der Waals surface area contributed by atoms with Crippen LogP contribution in [0.4, 0.5) is 11.4 Å². The Bertz CT molecular complexity index is 1610. The Morgan fingerprint density at radius 1 is 0.889 bits per heavy atom. The minimum atomic E-state index is -3.64. The highest BCUT2D eigenvalue weighted by molar-refractivity contribution is 7.94. The molecule has 9 nitrogen and oxygen atoms in total. The molecule has 0 bridgehead atoms. The van der Waals surface area contributed by atoms with Gasteiger partial charge in [-0.1, -0.05) is 18.2 Å². The summed E-state index contributed by atoms with van der Waals surface area (Å²) in [5, 5.41) is 15.1. The molecule has 0 unspecified atom stereocenters. The van der Waals surface area contributed by atoms with Crippen molar-refractivity contribution in [1.29, 1.82) is 0 Å². The molecule has 36 heavy (non-hydrogen) atoms. The molecule has 0 amide bonds. The lowest BCUT2D eigenvalue weighted by atomic mass is 10.1. The molecule has 0 spiro atoms. The van der Waals surface area contributed by atoms with Crippen LogP contribution < -0.4 is 9.62 Å². The second kappa shape index (κ2) is 9.34. The quantitative estimate of drug-likeness (QED) is 0.360. The van der Waals surface area contributed by atoms with E-state index in [4.69, 9.17) is 9.84 Å². The largest absolute Gasteiger partial charge is 0.378 e. The monoisotopic (exact) mass is 518 g/mol. The molecule has 182 valence electrons. The molecule has 1 aliphatic rings. The van der Waals surface area contributed by atoms with Crippen molar-refractivity contribution >= 4 is 38.4 Å². The van der Waals surface area contributed by atoms with Gasteiger partial charge in [0.1, 0.15) is 4.21 Å². The molecule has 0 aliphatic carbocycles. The smallest absolute Gasteiger partial charge is 0.271 e. The number of nitrogens with zero attached hydrogens (tertiary/aromatic N) is 5. The first-order valence-corrected chi connectivity index (χ1v) is 13.8. The molecular weight excluding hydrogens is 496 g/mol. The summed E-state index contributed by atoms with van der Waals surface area (Å²) < 4.78 is 35.3. The number of thiophene rings is 1. The van der Waals surface area contributed by atoms with Crippen LogP contribution in [-0.4, -0.2) is 54.5 Å². The number of aromatic nitrogens is 4. The molecule has 6 rings (SSSR count). The van der Waals surface area contributed by atoms with Gasteiger partial charge in [-0.05, 0) is 60.0 Å². The number of anilines is 2. The van der Waals surface area contributed by atoms with E-state index in [0.717, 1.165) is 43.1 Å². The zero-order valence-corrected chi connectivity index (χ0v) is 20.7. The van der Waals surface area contributed by atoms with Crippen molar-refractivity contribution in [3.63, 3.8) is 0 Å². The number of rotatable bonds is 6. The van der Waals surface area contributed by atoms with E-state index in [-0.39, 0.29) is 4.21 Å². The predicted octanol–water partition coefficient (Wildman–Crippen LogP) is 4.16. The van der Waals surface area contributed by atoms with E-state index in [1.54, 1.807) is 40.2 Å². The van der Waals surface area contributed by atoms with Gasteiger partial charge in [-0.25, -0.2) is 8.42 Å². The van der Waals surface area contributed by atoms with Crippen molar-refractivity contribution in [2.75, 3.05) is 35.9 Å². The summed E-state index contributed by atoms with van der Waals surface area (Å²) in [7, 11) is -3.64. The SMILES string of the molecule is O=S(=O)(Nc1cccc(-c2ccc3nnc(-c4ccc(N5CCOCC5)cc4)n3n2)c1)c1cccs1. The Kier molecular flexibility index (Phi) is 5.88. The summed E-state index contributed by atoms with van der Waals surface area (Å²) in [5.41, 5.74) is 4.58. The number of benzene rings is 2. The fourth-order valence-corrected chi connectivity index (χ4v) is 6.17. The maximum atomic E-state index is 12.6. The highest BCUT2D eigenvalue weighted by atomic mass is 32.2. The van der Waals surface area contributed by atoms with Gasteiger partial charge in [-0.3, -0.25) is 4.72 Å². The maximum absolute atomic E-state index is 12.6. The van der Waals surface area contributed by atoms with Crippen LogP contribution >= 0.6 is 11.3 Å². The van der Waals surface area contributed by atoms with Crippen molar-refractivity contribution in [2.45, 2.75) is 4.21 Å². The Labute approximate surface area is 212 Å². The average Bonchev–Trinajstić information content (AvgIpc) is 3.60. The van der Waals surface area contributed by atoms with Gasteiger partial charge in [0.05, 0.1) is 18.9 Å². The van der Waals surface area contributed by atoms with Gasteiger partial charge in [-0.2, -0.15) is 9.61 Å². The van der Waals surface area contributed by atoms with Crippen molar-refractivity contribution < 1.29 is 13.2 Å². The van der Waals surface area contributed by atoms with E-state index >= 15 is 0 Å². The zero-order chi connectivity index (χ0) is 24.5. The van der Waals surface area contributed by atoms with Gasteiger partial charge in [-0.15, -0.1) is 21.5 Å². The average molecular weight is 519 g/mol. The lowest BCUT2D eigenvalue weighted by Gasteiger charge is -2.28. The van der Waals surface area contributed by atoms with E-state index in [0.29, 0.717) is 22.9 Å². The Balaban J connectivity index is 1.30. The summed E-state index contributed by atoms with van der Waals surface area (Å²) >= 11 is 1.17. The highest BCUT2D eigenvalue weighted by Gasteiger charge is 2.17. The van der Waals surface area contributed by atoms with Crippen molar-refractivity contribution in [1.82, 2.24) is 19.8 Å². The van der Waals surface area contributed by atoms with Crippen LogP contribution in [0, 0.1) is 0 Å². The molecule has 1 N–H and O–H groups in total. The van der Waals surface area contributed by atoms with Gasteiger partial charge >= 0.3 is 0 Å². The molecule has 1 saturated heterocycles. The first-order valence-electron chi connectivity index (χ1n) is 11.4. The molecule has 0 radical (unpaired) electrons. The standard InChI is InChI=1S/C25H22N6O3S2/c32-36(33,24-5-2-16-35-24)29-20-4-1-3-19(17-20)22-10-11-23-26-27-25(31(23)28-22)18-6-8-21(9-7-18)30-12-14-34-15-13-30/h1-11,16-17,29H,12-15H2. The summed E-state index contributed by atoms with van der Waals surface area (Å²) in [5.74, 6) is 0.634. The predicted molar refractivity (Wildman–Crippen MR) is 140 cm³/mol. The molecule has 11 heteroatoms. The van der Waals surface area contributed by atoms with Crippen LogP contribution in [0.2, 0.25) is 0 Å². The van der Waals surface area contributed by atoms with Crippen LogP contribution in [0.15, 0.2) is 82.4 Å². The van der Waals surface area contributed by atoms with Crippen LogP contribution in [0.5, 0.6) is 0 Å². The Hall–Kier alpha value is -3.80. The van der Waals surface area contributed by atoms with E-state index < -0.39 is 10.0 Å². The number of hydrogen-bond donors (Lipinski definition) is 1. The first kappa shape index (κ1) is 22.7. The lowest BCUT2D eigenvalue weighted by Crippen LogP contribution is -2.36. The minimum Gasteiger partial charge on any atom is -0.378 e. The summed E-state index contributed by atoms with van der Waals surface area (Å²) in [6.45, 7) is 3.22. The summed E-state index contributed by atoms with van der Waals surface area (Å²) in [6, 6.07) is 22.4. The third-order valence-corrected chi connectivity index (χ3v) is 8.71. The summed E-state index contributed by atoms with van der Waals surface area (Å²) in [4.78, 5) is 2.30. The third-order valence-electron chi connectivity index (χ3n) is 5.94.